The number of pyridine rings is 1. The maximum absolute atomic E-state index is 5.32. The fraction of sp³-hybridized carbons (Fsp3) is 0.200. The summed E-state index contributed by atoms with van der Waals surface area (Å²) in [7, 11) is 3.35. The third kappa shape index (κ3) is 4.06. The number of allylic oxidation sites excluding steroid dienone is 1. The minimum atomic E-state index is 0.0568. The molecule has 0 radical (unpaired) electrons. The minimum Gasteiger partial charge on any atom is -0.497 e. The van der Waals surface area contributed by atoms with Gasteiger partial charge in [0.2, 0.25) is 0 Å². The molecule has 152 valence electrons. The van der Waals surface area contributed by atoms with Crippen molar-refractivity contribution >= 4 is 17.6 Å². The highest BCUT2D eigenvalue weighted by Gasteiger charge is 2.35. The zero-order valence-electron chi connectivity index (χ0n) is 17.4. The zero-order chi connectivity index (χ0) is 20.9. The van der Waals surface area contributed by atoms with Gasteiger partial charge in [0.25, 0.3) is 0 Å². The van der Waals surface area contributed by atoms with E-state index < -0.39 is 0 Å². The topological polar surface area (TPSA) is 47.0 Å². The molecule has 1 aliphatic rings. The van der Waals surface area contributed by atoms with Crippen LogP contribution in [0.5, 0.6) is 11.5 Å². The van der Waals surface area contributed by atoms with Crippen molar-refractivity contribution in [3.63, 3.8) is 0 Å². The van der Waals surface area contributed by atoms with Gasteiger partial charge in [0.15, 0.2) is 0 Å². The van der Waals surface area contributed by atoms with Crippen molar-refractivity contribution in [3.8, 4) is 11.5 Å². The van der Waals surface area contributed by atoms with E-state index in [1.165, 1.54) is 5.56 Å². The highest BCUT2D eigenvalue weighted by atomic mass is 16.5. The molecule has 4 rings (SSSR count). The number of methoxy groups -OCH3 is 2. The lowest BCUT2D eigenvalue weighted by Gasteiger charge is -2.26. The molecule has 1 aliphatic heterocycles. The predicted octanol–water partition coefficient (Wildman–Crippen LogP) is 5.37. The predicted molar refractivity (Wildman–Crippen MR) is 121 cm³/mol. The molecule has 0 aliphatic carbocycles. The van der Waals surface area contributed by atoms with E-state index in [2.05, 4.69) is 36.2 Å². The SMILES string of the molecule is COc1ccc(C=CC2=NN(c3ccccn3)C(c3ccc(OC)cc3)C2C)cc1. The summed E-state index contributed by atoms with van der Waals surface area (Å²) >= 11 is 0. The lowest BCUT2D eigenvalue weighted by atomic mass is 9.91. The van der Waals surface area contributed by atoms with Crippen LogP contribution in [0.3, 0.4) is 0 Å². The third-order valence-electron chi connectivity index (χ3n) is 5.33. The fourth-order valence-corrected chi connectivity index (χ4v) is 3.65. The average molecular weight is 399 g/mol. The summed E-state index contributed by atoms with van der Waals surface area (Å²) < 4.78 is 10.6. The Kier molecular flexibility index (Phi) is 5.80. The zero-order valence-corrected chi connectivity index (χ0v) is 17.4. The summed E-state index contributed by atoms with van der Waals surface area (Å²) in [5, 5.41) is 6.95. The second-order valence-electron chi connectivity index (χ2n) is 7.17. The van der Waals surface area contributed by atoms with E-state index in [9.17, 15) is 0 Å². The lowest BCUT2D eigenvalue weighted by Crippen LogP contribution is -2.24. The molecular weight excluding hydrogens is 374 g/mol. The first-order valence-electron chi connectivity index (χ1n) is 9.94. The number of rotatable bonds is 6. The largest absolute Gasteiger partial charge is 0.497 e. The number of benzene rings is 2. The average Bonchev–Trinajstić information content (AvgIpc) is 3.14. The number of hydrazone groups is 1. The van der Waals surface area contributed by atoms with Crippen molar-refractivity contribution in [2.45, 2.75) is 13.0 Å². The molecule has 2 unspecified atom stereocenters. The molecular formula is C25H25N3O2. The molecule has 2 aromatic carbocycles. The van der Waals surface area contributed by atoms with Gasteiger partial charge >= 0.3 is 0 Å². The van der Waals surface area contributed by atoms with Gasteiger partial charge in [0, 0.05) is 12.1 Å². The van der Waals surface area contributed by atoms with Gasteiger partial charge in [-0.15, -0.1) is 0 Å². The molecule has 5 nitrogen and oxygen atoms in total. The maximum Gasteiger partial charge on any atom is 0.149 e. The Labute approximate surface area is 177 Å². The normalized spacial score (nSPS) is 18.5. The van der Waals surface area contributed by atoms with Crippen molar-refractivity contribution in [2.75, 3.05) is 19.2 Å². The van der Waals surface area contributed by atoms with Crippen LogP contribution in [0.2, 0.25) is 0 Å². The summed E-state index contributed by atoms with van der Waals surface area (Å²) in [6.07, 6.45) is 5.97. The molecule has 3 aromatic rings. The van der Waals surface area contributed by atoms with Gasteiger partial charge in [-0.25, -0.2) is 9.99 Å². The first kappa shape index (κ1) is 19.7. The Morgan fingerprint density at radius 2 is 1.50 bits per heavy atom. The Bertz CT molecular complexity index is 1030. The summed E-state index contributed by atoms with van der Waals surface area (Å²) in [5.41, 5.74) is 3.28. The number of hydrogen-bond donors (Lipinski definition) is 0. The van der Waals surface area contributed by atoms with Crippen LogP contribution in [0.15, 0.2) is 84.1 Å². The fourth-order valence-electron chi connectivity index (χ4n) is 3.65. The first-order chi connectivity index (χ1) is 14.7. The number of hydrogen-bond acceptors (Lipinski definition) is 5. The van der Waals surface area contributed by atoms with Gasteiger partial charge in [-0.1, -0.05) is 43.3 Å². The molecule has 0 saturated heterocycles. The van der Waals surface area contributed by atoms with Gasteiger partial charge in [0.1, 0.15) is 17.3 Å². The quantitative estimate of drug-likeness (QED) is 0.559. The van der Waals surface area contributed by atoms with E-state index in [-0.39, 0.29) is 12.0 Å². The summed E-state index contributed by atoms with van der Waals surface area (Å²) in [6, 6.07) is 22.1. The number of ether oxygens (including phenoxy) is 2. The number of nitrogens with zero attached hydrogens (tertiary/aromatic N) is 3. The van der Waals surface area contributed by atoms with Gasteiger partial charge in [-0.05, 0) is 53.6 Å². The first-order valence-corrected chi connectivity index (χ1v) is 9.94. The Balaban J connectivity index is 1.65. The lowest BCUT2D eigenvalue weighted by molar-refractivity contribution is 0.414. The van der Waals surface area contributed by atoms with E-state index >= 15 is 0 Å². The summed E-state index contributed by atoms with van der Waals surface area (Å²) in [4.78, 5) is 4.53. The molecule has 0 N–H and O–H groups in total. The van der Waals surface area contributed by atoms with Crippen molar-refractivity contribution < 1.29 is 9.47 Å². The molecule has 0 amide bonds. The van der Waals surface area contributed by atoms with Gasteiger partial charge in [-0.3, -0.25) is 0 Å². The molecule has 0 bridgehead atoms. The molecule has 0 spiro atoms. The van der Waals surface area contributed by atoms with Crippen LogP contribution < -0.4 is 14.5 Å². The maximum atomic E-state index is 5.32. The standard InChI is InChI=1S/C25H25N3O2/c1-18-23(16-9-19-7-12-21(29-2)13-8-19)27-28(24-6-4-5-17-26-24)25(18)20-10-14-22(30-3)15-11-20/h4-18,25H,1-3H3. The van der Waals surface area contributed by atoms with Crippen molar-refractivity contribution in [3.05, 3.63) is 90.1 Å². The van der Waals surface area contributed by atoms with Crippen LogP contribution in [-0.2, 0) is 0 Å². The molecule has 0 fully saturated rings. The molecule has 2 heterocycles. The highest BCUT2D eigenvalue weighted by molar-refractivity contribution is 6.02. The van der Waals surface area contributed by atoms with Crippen LogP contribution in [0, 0.1) is 5.92 Å². The van der Waals surface area contributed by atoms with E-state index in [1.807, 2.05) is 59.6 Å². The molecule has 2 atom stereocenters. The second-order valence-corrected chi connectivity index (χ2v) is 7.17. The van der Waals surface area contributed by atoms with Crippen molar-refractivity contribution in [1.82, 2.24) is 4.98 Å². The van der Waals surface area contributed by atoms with Crippen LogP contribution in [0.4, 0.5) is 5.82 Å². The Hall–Kier alpha value is -3.60. The van der Waals surface area contributed by atoms with Crippen LogP contribution in [0.1, 0.15) is 24.1 Å². The minimum absolute atomic E-state index is 0.0568. The smallest absolute Gasteiger partial charge is 0.149 e. The number of anilines is 1. The molecule has 5 heteroatoms. The van der Waals surface area contributed by atoms with E-state index in [0.29, 0.717) is 0 Å². The third-order valence-corrected chi connectivity index (χ3v) is 5.33. The second kappa shape index (κ2) is 8.82. The van der Waals surface area contributed by atoms with Crippen LogP contribution >= 0.6 is 0 Å². The van der Waals surface area contributed by atoms with Crippen LogP contribution in [-0.4, -0.2) is 24.9 Å². The summed E-state index contributed by atoms with van der Waals surface area (Å²) in [6.45, 7) is 2.20. The Morgan fingerprint density at radius 3 is 2.10 bits per heavy atom. The Morgan fingerprint density at radius 1 is 0.833 bits per heavy atom. The number of aromatic nitrogens is 1. The molecule has 0 saturated carbocycles. The molecule has 1 aromatic heterocycles. The van der Waals surface area contributed by atoms with Crippen LogP contribution in [0.25, 0.3) is 6.08 Å². The molecule has 30 heavy (non-hydrogen) atoms. The van der Waals surface area contributed by atoms with Gasteiger partial charge in [0.05, 0.1) is 26.0 Å². The van der Waals surface area contributed by atoms with Gasteiger partial charge in [-0.2, -0.15) is 5.10 Å². The van der Waals surface area contributed by atoms with E-state index in [0.717, 1.165) is 28.6 Å². The van der Waals surface area contributed by atoms with E-state index in [4.69, 9.17) is 14.6 Å². The van der Waals surface area contributed by atoms with Crippen molar-refractivity contribution in [1.29, 1.82) is 0 Å². The summed E-state index contributed by atoms with van der Waals surface area (Å²) in [5.74, 6) is 2.71. The van der Waals surface area contributed by atoms with E-state index in [1.54, 1.807) is 20.4 Å². The monoisotopic (exact) mass is 399 g/mol. The van der Waals surface area contributed by atoms with Gasteiger partial charge < -0.3 is 9.47 Å². The highest BCUT2D eigenvalue weighted by Crippen LogP contribution is 2.39. The van der Waals surface area contributed by atoms with Crippen molar-refractivity contribution in [2.24, 2.45) is 11.0 Å².